The summed E-state index contributed by atoms with van der Waals surface area (Å²) in [5, 5.41) is 3.29. The van der Waals surface area contributed by atoms with Crippen LogP contribution in [0.2, 0.25) is 0 Å². The molecule has 0 fully saturated rings. The fourth-order valence-corrected chi connectivity index (χ4v) is 2.64. The average molecular weight is 295 g/mol. The first-order valence-electron chi connectivity index (χ1n) is 8.15. The first-order chi connectivity index (χ1) is 10.1. The molecule has 3 nitrogen and oxygen atoms in total. The number of halogens is 1. The molecule has 1 atom stereocenters. The third-order valence-electron chi connectivity index (χ3n) is 4.31. The predicted molar refractivity (Wildman–Crippen MR) is 86.8 cm³/mol. The van der Waals surface area contributed by atoms with E-state index >= 15 is 0 Å². The molecule has 0 bridgehead atoms. The fourth-order valence-electron chi connectivity index (χ4n) is 2.64. The average Bonchev–Trinajstić information content (AvgIpc) is 2.52. The molecule has 0 radical (unpaired) electrons. The molecule has 0 saturated carbocycles. The summed E-state index contributed by atoms with van der Waals surface area (Å²) < 4.78 is 13.0. The van der Waals surface area contributed by atoms with Crippen molar-refractivity contribution in [1.82, 2.24) is 15.2 Å². The van der Waals surface area contributed by atoms with Gasteiger partial charge in [0.2, 0.25) is 0 Å². The third kappa shape index (κ3) is 6.10. The van der Waals surface area contributed by atoms with Crippen LogP contribution in [0.1, 0.15) is 51.8 Å². The van der Waals surface area contributed by atoms with Crippen LogP contribution in [0, 0.1) is 11.7 Å². The lowest BCUT2D eigenvalue weighted by Gasteiger charge is -2.27. The van der Waals surface area contributed by atoms with Gasteiger partial charge in [0.25, 0.3) is 0 Å². The summed E-state index contributed by atoms with van der Waals surface area (Å²) >= 11 is 0. The van der Waals surface area contributed by atoms with Crippen molar-refractivity contribution >= 4 is 0 Å². The molecule has 1 aromatic heterocycles. The van der Waals surface area contributed by atoms with Crippen molar-refractivity contribution in [3.63, 3.8) is 0 Å². The van der Waals surface area contributed by atoms with E-state index in [0.717, 1.165) is 37.7 Å². The van der Waals surface area contributed by atoms with Crippen molar-refractivity contribution in [3.8, 4) is 0 Å². The van der Waals surface area contributed by atoms with Crippen LogP contribution in [0.4, 0.5) is 4.39 Å². The van der Waals surface area contributed by atoms with E-state index in [0.29, 0.717) is 0 Å². The van der Waals surface area contributed by atoms with Gasteiger partial charge in [0.15, 0.2) is 0 Å². The second-order valence-corrected chi connectivity index (χ2v) is 5.61. The molecule has 1 unspecified atom stereocenters. The van der Waals surface area contributed by atoms with Gasteiger partial charge in [0, 0.05) is 6.54 Å². The molecule has 0 aliphatic heterocycles. The minimum atomic E-state index is -0.280. The zero-order chi connectivity index (χ0) is 15.7. The summed E-state index contributed by atoms with van der Waals surface area (Å²) in [6.07, 6.45) is 4.76. The van der Waals surface area contributed by atoms with Crippen LogP contribution in [-0.2, 0) is 0 Å². The largest absolute Gasteiger partial charge is 0.312 e. The molecule has 1 heterocycles. The topological polar surface area (TPSA) is 28.2 Å². The van der Waals surface area contributed by atoms with E-state index < -0.39 is 0 Å². The van der Waals surface area contributed by atoms with Crippen molar-refractivity contribution in [2.75, 3.05) is 26.7 Å². The highest BCUT2D eigenvalue weighted by Crippen LogP contribution is 2.16. The Kier molecular flexibility index (Phi) is 8.47. The molecule has 0 aromatic carbocycles. The number of nitrogens with zero attached hydrogens (tertiary/aromatic N) is 2. The van der Waals surface area contributed by atoms with Gasteiger partial charge in [-0.05, 0) is 44.6 Å². The van der Waals surface area contributed by atoms with Gasteiger partial charge in [-0.1, -0.05) is 33.6 Å². The van der Waals surface area contributed by atoms with E-state index in [1.54, 1.807) is 6.07 Å². The van der Waals surface area contributed by atoms with Crippen LogP contribution >= 0.6 is 0 Å². The molecule has 120 valence electrons. The summed E-state index contributed by atoms with van der Waals surface area (Å²) in [7, 11) is 1.94. The van der Waals surface area contributed by atoms with Crippen molar-refractivity contribution in [2.24, 2.45) is 5.92 Å². The van der Waals surface area contributed by atoms with Crippen LogP contribution < -0.4 is 5.32 Å². The van der Waals surface area contributed by atoms with E-state index in [1.165, 1.54) is 25.1 Å². The number of hydrogen-bond acceptors (Lipinski definition) is 3. The van der Waals surface area contributed by atoms with E-state index in [1.807, 2.05) is 7.05 Å². The molecular weight excluding hydrogens is 265 g/mol. The Hall–Kier alpha value is -1.00. The summed E-state index contributed by atoms with van der Waals surface area (Å²) in [4.78, 5) is 6.70. The van der Waals surface area contributed by atoms with Crippen LogP contribution in [0.5, 0.6) is 0 Å². The molecule has 0 spiro atoms. The molecule has 0 aliphatic carbocycles. The van der Waals surface area contributed by atoms with Crippen LogP contribution in [-0.4, -0.2) is 36.6 Å². The molecule has 1 rings (SSSR count). The smallest absolute Gasteiger partial charge is 0.141 e. The Morgan fingerprint density at radius 3 is 2.43 bits per heavy atom. The Labute approximate surface area is 129 Å². The highest BCUT2D eigenvalue weighted by Gasteiger charge is 2.14. The van der Waals surface area contributed by atoms with E-state index in [4.69, 9.17) is 0 Å². The Balaban J connectivity index is 2.54. The van der Waals surface area contributed by atoms with Gasteiger partial charge < -0.3 is 10.2 Å². The SMILES string of the molecule is CCC(CC)CN(CC)CCC(NC)c1ccc(F)cn1. The van der Waals surface area contributed by atoms with Crippen molar-refractivity contribution in [3.05, 3.63) is 29.8 Å². The summed E-state index contributed by atoms with van der Waals surface area (Å²) in [5.41, 5.74) is 0.914. The van der Waals surface area contributed by atoms with Gasteiger partial charge in [-0.3, -0.25) is 4.98 Å². The van der Waals surface area contributed by atoms with Gasteiger partial charge in [-0.2, -0.15) is 0 Å². The highest BCUT2D eigenvalue weighted by atomic mass is 19.1. The van der Waals surface area contributed by atoms with E-state index in [2.05, 4.69) is 36.0 Å². The first kappa shape index (κ1) is 18.1. The lowest BCUT2D eigenvalue weighted by atomic mass is 10.0. The summed E-state index contributed by atoms with van der Waals surface area (Å²) in [6.45, 7) is 10.0. The Morgan fingerprint density at radius 2 is 1.95 bits per heavy atom. The fraction of sp³-hybridized carbons (Fsp3) is 0.706. The normalized spacial score (nSPS) is 13.1. The van der Waals surface area contributed by atoms with E-state index in [9.17, 15) is 4.39 Å². The molecule has 0 amide bonds. The number of hydrogen-bond donors (Lipinski definition) is 1. The van der Waals surface area contributed by atoms with Crippen molar-refractivity contribution < 1.29 is 4.39 Å². The number of rotatable bonds is 10. The van der Waals surface area contributed by atoms with Gasteiger partial charge >= 0.3 is 0 Å². The second kappa shape index (κ2) is 9.85. The Bertz CT molecular complexity index is 376. The van der Waals surface area contributed by atoms with Crippen LogP contribution in [0.25, 0.3) is 0 Å². The lowest BCUT2D eigenvalue weighted by molar-refractivity contribution is 0.222. The molecule has 0 saturated heterocycles. The predicted octanol–water partition coefficient (Wildman–Crippen LogP) is 3.63. The molecule has 0 aliphatic rings. The zero-order valence-corrected chi connectivity index (χ0v) is 13.9. The molecule has 4 heteroatoms. The number of pyridine rings is 1. The minimum Gasteiger partial charge on any atom is -0.312 e. The quantitative estimate of drug-likeness (QED) is 0.714. The summed E-state index contributed by atoms with van der Waals surface area (Å²) in [6, 6.07) is 3.43. The lowest BCUT2D eigenvalue weighted by Crippen LogP contribution is -2.32. The molecule has 1 aromatic rings. The molecule has 21 heavy (non-hydrogen) atoms. The van der Waals surface area contributed by atoms with Gasteiger partial charge in [-0.25, -0.2) is 4.39 Å². The monoisotopic (exact) mass is 295 g/mol. The zero-order valence-electron chi connectivity index (χ0n) is 13.9. The van der Waals surface area contributed by atoms with Gasteiger partial charge in [-0.15, -0.1) is 0 Å². The van der Waals surface area contributed by atoms with Gasteiger partial charge in [0.1, 0.15) is 5.82 Å². The third-order valence-corrected chi connectivity index (χ3v) is 4.31. The van der Waals surface area contributed by atoms with E-state index in [-0.39, 0.29) is 11.9 Å². The number of nitrogens with one attached hydrogen (secondary N) is 1. The maximum absolute atomic E-state index is 13.0. The highest BCUT2D eigenvalue weighted by molar-refractivity contribution is 5.09. The standard InChI is InChI=1S/C17H30FN3/c1-5-14(6-2)13-21(7-3)11-10-16(19-4)17-9-8-15(18)12-20-17/h8-9,12,14,16,19H,5-7,10-11,13H2,1-4H3. The molecule has 1 N–H and O–H groups in total. The van der Waals surface area contributed by atoms with Crippen LogP contribution in [0.15, 0.2) is 18.3 Å². The first-order valence-corrected chi connectivity index (χ1v) is 8.15. The minimum absolute atomic E-state index is 0.182. The maximum Gasteiger partial charge on any atom is 0.141 e. The van der Waals surface area contributed by atoms with Crippen molar-refractivity contribution in [2.45, 2.75) is 46.1 Å². The second-order valence-electron chi connectivity index (χ2n) is 5.61. The maximum atomic E-state index is 13.0. The summed E-state index contributed by atoms with van der Waals surface area (Å²) in [5.74, 6) is 0.499. The number of aromatic nitrogens is 1. The molecular formula is C17H30FN3. The Morgan fingerprint density at radius 1 is 1.24 bits per heavy atom. The van der Waals surface area contributed by atoms with Crippen molar-refractivity contribution in [1.29, 1.82) is 0 Å². The van der Waals surface area contributed by atoms with Crippen LogP contribution in [0.3, 0.4) is 0 Å². The van der Waals surface area contributed by atoms with Gasteiger partial charge in [0.05, 0.1) is 17.9 Å².